The van der Waals surface area contributed by atoms with Crippen LogP contribution in [0.5, 0.6) is 5.75 Å². The molecule has 0 aromatic heterocycles. The second-order valence-corrected chi connectivity index (χ2v) is 6.19. The predicted molar refractivity (Wildman–Crippen MR) is 104 cm³/mol. The van der Waals surface area contributed by atoms with Gasteiger partial charge in [0.1, 0.15) is 11.6 Å². The van der Waals surface area contributed by atoms with Crippen molar-refractivity contribution in [3.05, 3.63) is 65.5 Å². The molecule has 140 valence electrons. The standard InChI is InChI=1S/C20H27FN4O/c1-22-20(23-13-15-7-5-9-17(21)11-15)24-14-19(25(2)3)16-8-6-10-18(12-16)26-4/h5-12,19H,13-14H2,1-4H3,(H2,22,23,24). The molecule has 2 aromatic rings. The lowest BCUT2D eigenvalue weighted by Crippen LogP contribution is -2.41. The molecule has 2 aromatic carbocycles. The molecular formula is C20H27FN4O. The maximum absolute atomic E-state index is 13.3. The molecule has 0 radical (unpaired) electrons. The fraction of sp³-hybridized carbons (Fsp3) is 0.350. The maximum atomic E-state index is 13.3. The lowest BCUT2D eigenvalue weighted by atomic mass is 10.1. The van der Waals surface area contributed by atoms with Gasteiger partial charge in [0.05, 0.1) is 13.2 Å². The summed E-state index contributed by atoms with van der Waals surface area (Å²) in [6.07, 6.45) is 0. The number of rotatable bonds is 7. The summed E-state index contributed by atoms with van der Waals surface area (Å²) in [6.45, 7) is 1.17. The summed E-state index contributed by atoms with van der Waals surface area (Å²) in [5.41, 5.74) is 2.02. The van der Waals surface area contributed by atoms with Crippen molar-refractivity contribution >= 4 is 5.96 Å². The normalized spacial score (nSPS) is 12.8. The van der Waals surface area contributed by atoms with Gasteiger partial charge in [0.2, 0.25) is 0 Å². The third-order valence-corrected chi connectivity index (χ3v) is 4.14. The molecule has 0 saturated heterocycles. The third-order valence-electron chi connectivity index (χ3n) is 4.14. The number of hydrogen-bond acceptors (Lipinski definition) is 3. The number of halogens is 1. The third kappa shape index (κ3) is 5.74. The number of guanidine groups is 1. The van der Waals surface area contributed by atoms with Crippen LogP contribution in [0.25, 0.3) is 0 Å². The second-order valence-electron chi connectivity index (χ2n) is 6.19. The Morgan fingerprint density at radius 1 is 1.15 bits per heavy atom. The molecule has 0 heterocycles. The first kappa shape index (κ1) is 19.7. The first-order valence-electron chi connectivity index (χ1n) is 8.53. The highest BCUT2D eigenvalue weighted by Gasteiger charge is 2.15. The SMILES string of the molecule is CN=C(NCc1cccc(F)c1)NCC(c1cccc(OC)c1)N(C)C. The topological polar surface area (TPSA) is 48.9 Å². The molecule has 0 aliphatic carbocycles. The Bertz CT molecular complexity index is 733. The lowest BCUT2D eigenvalue weighted by molar-refractivity contribution is 0.297. The number of benzene rings is 2. The van der Waals surface area contributed by atoms with E-state index in [1.807, 2.05) is 38.4 Å². The van der Waals surface area contributed by atoms with Crippen molar-refractivity contribution in [2.45, 2.75) is 12.6 Å². The number of nitrogens with zero attached hydrogens (tertiary/aromatic N) is 2. The van der Waals surface area contributed by atoms with Crippen LogP contribution in [0, 0.1) is 5.82 Å². The molecule has 5 nitrogen and oxygen atoms in total. The van der Waals surface area contributed by atoms with Crippen LogP contribution in [-0.2, 0) is 6.54 Å². The molecule has 1 unspecified atom stereocenters. The van der Waals surface area contributed by atoms with Gasteiger partial charge >= 0.3 is 0 Å². The minimum absolute atomic E-state index is 0.151. The highest BCUT2D eigenvalue weighted by atomic mass is 19.1. The van der Waals surface area contributed by atoms with Gasteiger partial charge < -0.3 is 20.3 Å². The molecule has 2 N–H and O–H groups in total. The smallest absolute Gasteiger partial charge is 0.191 e. The Kier molecular flexibility index (Phi) is 7.41. The Morgan fingerprint density at radius 2 is 1.92 bits per heavy atom. The lowest BCUT2D eigenvalue weighted by Gasteiger charge is -2.26. The van der Waals surface area contributed by atoms with Gasteiger partial charge in [-0.05, 0) is 49.5 Å². The summed E-state index contributed by atoms with van der Waals surface area (Å²) in [4.78, 5) is 6.38. The van der Waals surface area contributed by atoms with E-state index in [0.29, 0.717) is 19.0 Å². The summed E-state index contributed by atoms with van der Waals surface area (Å²) < 4.78 is 18.6. The summed E-state index contributed by atoms with van der Waals surface area (Å²) in [5.74, 6) is 1.27. The molecule has 0 fully saturated rings. The van der Waals surface area contributed by atoms with Crippen LogP contribution in [-0.4, -0.2) is 45.7 Å². The average molecular weight is 358 g/mol. The second kappa shape index (κ2) is 9.77. The minimum Gasteiger partial charge on any atom is -0.497 e. The number of aliphatic imine (C=N–C) groups is 1. The summed E-state index contributed by atoms with van der Waals surface area (Å²) in [5, 5.41) is 6.54. The van der Waals surface area contributed by atoms with Gasteiger partial charge in [-0.3, -0.25) is 4.99 Å². The highest BCUT2D eigenvalue weighted by molar-refractivity contribution is 5.79. The van der Waals surface area contributed by atoms with Crippen LogP contribution >= 0.6 is 0 Å². The first-order chi connectivity index (χ1) is 12.5. The molecule has 26 heavy (non-hydrogen) atoms. The summed E-state index contributed by atoms with van der Waals surface area (Å²) in [7, 11) is 7.46. The molecule has 0 saturated carbocycles. The molecule has 0 spiro atoms. The molecular weight excluding hydrogens is 331 g/mol. The zero-order valence-electron chi connectivity index (χ0n) is 15.8. The number of methoxy groups -OCH3 is 1. The van der Waals surface area contributed by atoms with E-state index in [1.54, 1.807) is 20.2 Å². The molecule has 6 heteroatoms. The molecule has 1 atom stereocenters. The number of likely N-dealkylation sites (N-methyl/N-ethyl adjacent to an activating group) is 1. The van der Waals surface area contributed by atoms with Gasteiger partial charge in [0.15, 0.2) is 5.96 Å². The quantitative estimate of drug-likeness (QED) is 0.590. The van der Waals surface area contributed by atoms with E-state index in [1.165, 1.54) is 12.1 Å². The van der Waals surface area contributed by atoms with Gasteiger partial charge in [-0.1, -0.05) is 24.3 Å². The monoisotopic (exact) mass is 358 g/mol. The van der Waals surface area contributed by atoms with Crippen LogP contribution in [0.1, 0.15) is 17.2 Å². The molecule has 2 rings (SSSR count). The van der Waals surface area contributed by atoms with E-state index in [9.17, 15) is 4.39 Å². The highest BCUT2D eigenvalue weighted by Crippen LogP contribution is 2.22. The Labute approximate surface area is 154 Å². The molecule has 0 amide bonds. The van der Waals surface area contributed by atoms with Crippen molar-refractivity contribution in [2.75, 3.05) is 34.8 Å². The van der Waals surface area contributed by atoms with Gasteiger partial charge in [-0.15, -0.1) is 0 Å². The molecule has 0 bridgehead atoms. The van der Waals surface area contributed by atoms with E-state index >= 15 is 0 Å². The fourth-order valence-corrected chi connectivity index (χ4v) is 2.69. The van der Waals surface area contributed by atoms with Crippen molar-refractivity contribution in [1.29, 1.82) is 0 Å². The first-order valence-corrected chi connectivity index (χ1v) is 8.53. The Balaban J connectivity index is 1.97. The zero-order chi connectivity index (χ0) is 18.9. The minimum atomic E-state index is -0.238. The van der Waals surface area contributed by atoms with E-state index < -0.39 is 0 Å². The van der Waals surface area contributed by atoms with Crippen LogP contribution in [0.15, 0.2) is 53.5 Å². The van der Waals surface area contributed by atoms with Crippen molar-refractivity contribution in [1.82, 2.24) is 15.5 Å². The van der Waals surface area contributed by atoms with E-state index in [2.05, 4.69) is 26.6 Å². The van der Waals surface area contributed by atoms with Crippen molar-refractivity contribution in [3.8, 4) is 5.75 Å². The van der Waals surface area contributed by atoms with Crippen molar-refractivity contribution < 1.29 is 9.13 Å². The van der Waals surface area contributed by atoms with Gasteiger partial charge in [0.25, 0.3) is 0 Å². The van der Waals surface area contributed by atoms with E-state index in [0.717, 1.165) is 16.9 Å². The Hall–Kier alpha value is -2.60. The fourth-order valence-electron chi connectivity index (χ4n) is 2.69. The number of ether oxygens (including phenoxy) is 1. The summed E-state index contributed by atoms with van der Waals surface area (Å²) >= 11 is 0. The van der Waals surface area contributed by atoms with E-state index in [4.69, 9.17) is 4.74 Å². The van der Waals surface area contributed by atoms with Crippen LogP contribution < -0.4 is 15.4 Å². The zero-order valence-corrected chi connectivity index (χ0v) is 15.8. The largest absolute Gasteiger partial charge is 0.497 e. The number of hydrogen-bond donors (Lipinski definition) is 2. The number of nitrogens with one attached hydrogen (secondary N) is 2. The predicted octanol–water partition coefficient (Wildman–Crippen LogP) is 2.80. The van der Waals surface area contributed by atoms with Crippen molar-refractivity contribution in [3.63, 3.8) is 0 Å². The van der Waals surface area contributed by atoms with Gasteiger partial charge in [0, 0.05) is 20.1 Å². The van der Waals surface area contributed by atoms with Crippen LogP contribution in [0.3, 0.4) is 0 Å². The van der Waals surface area contributed by atoms with Crippen LogP contribution in [0.2, 0.25) is 0 Å². The molecule has 0 aliphatic heterocycles. The average Bonchev–Trinajstić information content (AvgIpc) is 2.64. The molecule has 0 aliphatic rings. The Morgan fingerprint density at radius 3 is 2.58 bits per heavy atom. The van der Waals surface area contributed by atoms with Crippen molar-refractivity contribution in [2.24, 2.45) is 4.99 Å². The van der Waals surface area contributed by atoms with Crippen LogP contribution in [0.4, 0.5) is 4.39 Å². The summed E-state index contributed by atoms with van der Waals surface area (Å²) in [6, 6.07) is 14.7. The van der Waals surface area contributed by atoms with E-state index in [-0.39, 0.29) is 11.9 Å². The van der Waals surface area contributed by atoms with Gasteiger partial charge in [-0.2, -0.15) is 0 Å². The van der Waals surface area contributed by atoms with Gasteiger partial charge in [-0.25, -0.2) is 4.39 Å². The maximum Gasteiger partial charge on any atom is 0.191 e.